The number of aromatic amines is 4. The van der Waals surface area contributed by atoms with E-state index in [1.54, 1.807) is 68.0 Å². The van der Waals surface area contributed by atoms with Crippen LogP contribution in [-0.4, -0.2) is 70.7 Å². The van der Waals surface area contributed by atoms with Crippen LogP contribution in [0.5, 0.6) is 0 Å². The molecule has 7 aromatic rings. The number of ether oxygens (including phenoxy) is 1. The second kappa shape index (κ2) is 9.56. The predicted octanol–water partition coefficient (Wildman–Crippen LogP) is 1.94. The van der Waals surface area contributed by atoms with Gasteiger partial charge >= 0.3 is 0 Å². The molecule has 1 aliphatic heterocycles. The van der Waals surface area contributed by atoms with Gasteiger partial charge < -0.3 is 14.7 Å². The van der Waals surface area contributed by atoms with Crippen LogP contribution < -0.4 is 0 Å². The number of hydrogen-bond donors (Lipinski definition) is 4. The minimum absolute atomic E-state index is 0.341. The molecule has 15 heteroatoms. The Kier molecular flexibility index (Phi) is 5.51. The molecule has 4 N–H and O–H groups in total. The first-order valence-corrected chi connectivity index (χ1v) is 13.3. The fourth-order valence-corrected chi connectivity index (χ4v) is 6.67. The Morgan fingerprint density at radius 3 is 2.35 bits per heavy atom. The lowest BCUT2D eigenvalue weighted by Gasteiger charge is -2.48. The van der Waals surface area contributed by atoms with E-state index >= 15 is 0 Å². The average Bonchev–Trinajstić information content (AvgIpc) is 3.92. The quantitative estimate of drug-likeness (QED) is 0.218. The van der Waals surface area contributed by atoms with Gasteiger partial charge in [-0.05, 0) is 36.4 Å². The summed E-state index contributed by atoms with van der Waals surface area (Å²) in [5, 5.41) is 28.4. The second-order valence-corrected chi connectivity index (χ2v) is 9.90. The van der Waals surface area contributed by atoms with Crippen molar-refractivity contribution in [3.63, 3.8) is 0 Å². The Balaban J connectivity index is 1.68. The monoisotopic (exact) mass is 570 g/mol. The maximum Gasteiger partial charge on any atom is 0.179 e. The van der Waals surface area contributed by atoms with Crippen LogP contribution >= 0.6 is 0 Å². The van der Waals surface area contributed by atoms with Crippen LogP contribution in [0, 0.1) is 0 Å². The standard InChI is InChI=1S/C28H22N14O/c1-4-18(30-7-1)23-26(20-6-11-37-40-20,19-5-2-10-36-39-19)27(25-34-14-15-35-25,24-32-8-3-9-33-24)28(43-23,22-17-38-42-41-22)21-16-29-12-13-31-21/h1-17,23,30H,(H,34,35)(H,37,40)(H,38,41,42). The van der Waals surface area contributed by atoms with Gasteiger partial charge in [-0.15, -0.1) is 0 Å². The summed E-state index contributed by atoms with van der Waals surface area (Å²) in [5.41, 5.74) is -1.86. The summed E-state index contributed by atoms with van der Waals surface area (Å²) < 4.78 is 7.50. The van der Waals surface area contributed by atoms with Crippen LogP contribution in [0.3, 0.4) is 0 Å². The lowest BCUT2D eigenvalue weighted by Crippen LogP contribution is -2.61. The fourth-order valence-electron chi connectivity index (χ4n) is 6.67. The molecule has 0 aliphatic carbocycles. The lowest BCUT2D eigenvalue weighted by atomic mass is 9.50. The van der Waals surface area contributed by atoms with E-state index in [4.69, 9.17) is 29.8 Å². The van der Waals surface area contributed by atoms with Gasteiger partial charge in [-0.2, -0.15) is 30.7 Å². The van der Waals surface area contributed by atoms with Gasteiger partial charge in [0.05, 0.1) is 29.5 Å². The normalized spacial score (nSPS) is 25.2. The first kappa shape index (κ1) is 24.8. The summed E-state index contributed by atoms with van der Waals surface area (Å²) in [4.78, 5) is 30.8. The van der Waals surface area contributed by atoms with Gasteiger partial charge in [0.1, 0.15) is 34.3 Å². The number of H-pyrrole nitrogens is 4. The van der Waals surface area contributed by atoms with E-state index in [-0.39, 0.29) is 0 Å². The molecule has 0 amide bonds. The molecule has 0 radical (unpaired) electrons. The zero-order valence-electron chi connectivity index (χ0n) is 22.3. The van der Waals surface area contributed by atoms with Gasteiger partial charge in [0, 0.05) is 61.5 Å². The molecule has 7 aromatic heterocycles. The summed E-state index contributed by atoms with van der Waals surface area (Å²) in [7, 11) is 0. The molecule has 43 heavy (non-hydrogen) atoms. The number of nitrogens with one attached hydrogen (secondary N) is 4. The van der Waals surface area contributed by atoms with E-state index in [2.05, 4.69) is 45.7 Å². The van der Waals surface area contributed by atoms with E-state index in [1.807, 2.05) is 36.5 Å². The van der Waals surface area contributed by atoms with Crippen molar-refractivity contribution in [2.75, 3.05) is 0 Å². The Hall–Kier alpha value is -5.96. The molecular formula is C28H22N14O. The van der Waals surface area contributed by atoms with E-state index in [1.165, 1.54) is 0 Å². The predicted molar refractivity (Wildman–Crippen MR) is 147 cm³/mol. The van der Waals surface area contributed by atoms with Crippen molar-refractivity contribution < 1.29 is 4.74 Å². The van der Waals surface area contributed by atoms with Crippen molar-refractivity contribution in [1.29, 1.82) is 0 Å². The van der Waals surface area contributed by atoms with Gasteiger partial charge in [-0.3, -0.25) is 15.1 Å². The second-order valence-electron chi connectivity index (χ2n) is 9.90. The van der Waals surface area contributed by atoms with Crippen molar-refractivity contribution >= 4 is 0 Å². The minimum Gasteiger partial charge on any atom is -0.363 e. The molecule has 210 valence electrons. The van der Waals surface area contributed by atoms with Gasteiger partial charge in [-0.25, -0.2) is 15.0 Å². The molecule has 0 aromatic carbocycles. The highest BCUT2D eigenvalue weighted by molar-refractivity contribution is 5.58. The highest BCUT2D eigenvalue weighted by Gasteiger charge is 2.82. The van der Waals surface area contributed by atoms with Crippen molar-refractivity contribution in [1.82, 2.24) is 70.7 Å². The molecular weight excluding hydrogens is 548 g/mol. The van der Waals surface area contributed by atoms with Crippen LogP contribution in [-0.2, 0) is 21.2 Å². The summed E-state index contributed by atoms with van der Waals surface area (Å²) in [5.74, 6) is 0.787. The topological polar surface area (TPSA) is 201 Å². The molecule has 1 fully saturated rings. The average molecular weight is 571 g/mol. The number of hydrogen-bond acceptors (Lipinski definition) is 11. The lowest BCUT2D eigenvalue weighted by molar-refractivity contribution is -0.0478. The van der Waals surface area contributed by atoms with Crippen LogP contribution in [0.15, 0.2) is 105 Å². The van der Waals surface area contributed by atoms with Crippen molar-refractivity contribution in [3.8, 4) is 0 Å². The number of rotatable bonds is 7. The first-order valence-electron chi connectivity index (χ1n) is 13.3. The SMILES string of the molecule is c1cnc(C2(c3ncc[nH]3)C(c3cnccn3)(c3cn[nH]n3)OC(c3ccc[nH]3)C2(c2cccnn2)c2ccn[nH]2)nc1. The van der Waals surface area contributed by atoms with Crippen LogP contribution in [0.25, 0.3) is 0 Å². The third-order valence-corrected chi connectivity index (χ3v) is 8.07. The third kappa shape index (κ3) is 3.16. The maximum absolute atomic E-state index is 7.50. The smallest absolute Gasteiger partial charge is 0.179 e. The summed E-state index contributed by atoms with van der Waals surface area (Å²) >= 11 is 0. The molecule has 0 saturated carbocycles. The van der Waals surface area contributed by atoms with Gasteiger partial charge in [0.2, 0.25) is 0 Å². The summed E-state index contributed by atoms with van der Waals surface area (Å²) in [6.07, 6.45) is 17.5. The number of nitrogens with zero attached hydrogens (tertiary/aromatic N) is 10. The molecule has 4 unspecified atom stereocenters. The first-order chi connectivity index (χ1) is 21.3. The molecule has 8 heterocycles. The molecule has 0 bridgehead atoms. The van der Waals surface area contributed by atoms with Gasteiger partial charge in [0.25, 0.3) is 0 Å². The van der Waals surface area contributed by atoms with Crippen molar-refractivity contribution in [2.24, 2.45) is 0 Å². The molecule has 1 aliphatic rings. The molecule has 1 saturated heterocycles. The molecule has 8 rings (SSSR count). The summed E-state index contributed by atoms with van der Waals surface area (Å²) in [6.45, 7) is 0. The van der Waals surface area contributed by atoms with E-state index in [0.717, 1.165) is 5.69 Å². The number of aromatic nitrogens is 14. The zero-order valence-corrected chi connectivity index (χ0v) is 22.3. The van der Waals surface area contributed by atoms with Crippen molar-refractivity contribution in [3.05, 3.63) is 145 Å². The molecule has 4 atom stereocenters. The molecule has 0 spiro atoms. The van der Waals surface area contributed by atoms with E-state index in [0.29, 0.717) is 34.4 Å². The minimum atomic E-state index is -1.63. The van der Waals surface area contributed by atoms with E-state index in [9.17, 15) is 0 Å². The van der Waals surface area contributed by atoms with Crippen LogP contribution in [0.2, 0.25) is 0 Å². The summed E-state index contributed by atoms with van der Waals surface area (Å²) in [6, 6.07) is 11.2. The van der Waals surface area contributed by atoms with E-state index < -0.39 is 22.5 Å². The highest BCUT2D eigenvalue weighted by Crippen LogP contribution is 2.72. The van der Waals surface area contributed by atoms with Gasteiger partial charge in [0.15, 0.2) is 5.60 Å². The Morgan fingerprint density at radius 2 is 1.67 bits per heavy atom. The zero-order chi connectivity index (χ0) is 28.7. The Bertz CT molecular complexity index is 1900. The highest BCUT2D eigenvalue weighted by atomic mass is 16.5. The van der Waals surface area contributed by atoms with Gasteiger partial charge in [-0.1, -0.05) is 0 Å². The largest absolute Gasteiger partial charge is 0.363 e. The van der Waals surface area contributed by atoms with Crippen LogP contribution in [0.4, 0.5) is 0 Å². The maximum atomic E-state index is 7.50. The Labute approximate surface area is 242 Å². The third-order valence-electron chi connectivity index (χ3n) is 8.07. The van der Waals surface area contributed by atoms with Crippen LogP contribution in [0.1, 0.15) is 46.2 Å². The Morgan fingerprint density at radius 1 is 0.721 bits per heavy atom. The molecule has 15 nitrogen and oxygen atoms in total. The number of imidazole rings is 1. The fraction of sp³-hybridized carbons (Fsp3) is 0.143. The van der Waals surface area contributed by atoms with Crippen molar-refractivity contribution in [2.45, 2.75) is 22.5 Å².